The van der Waals surface area contributed by atoms with Crippen molar-refractivity contribution in [2.45, 2.75) is 6.42 Å². The largest absolute Gasteiger partial charge is 0.452 e. The number of pyridine rings is 1. The van der Waals surface area contributed by atoms with Gasteiger partial charge in [0.1, 0.15) is 11.0 Å². The maximum Gasteiger partial charge on any atom is 0.338 e. The van der Waals surface area contributed by atoms with Crippen molar-refractivity contribution < 1.29 is 18.7 Å². The lowest BCUT2D eigenvalue weighted by Crippen LogP contribution is -2.30. The zero-order valence-electron chi connectivity index (χ0n) is 14.2. The lowest BCUT2D eigenvalue weighted by molar-refractivity contribution is -0.124. The number of hydrogen-bond donors (Lipinski definition) is 1. The molecule has 2 aromatic carbocycles. The molecule has 3 rings (SSSR count). The highest BCUT2D eigenvalue weighted by molar-refractivity contribution is 6.29. The molecule has 0 aliphatic rings. The van der Waals surface area contributed by atoms with Crippen molar-refractivity contribution in [2.24, 2.45) is 0 Å². The van der Waals surface area contributed by atoms with E-state index >= 15 is 0 Å². The molecule has 0 spiro atoms. The van der Waals surface area contributed by atoms with Gasteiger partial charge in [-0.15, -0.1) is 0 Å². The number of ether oxygens (including phenoxy) is 1. The second-order valence-electron chi connectivity index (χ2n) is 5.84. The first-order valence-electron chi connectivity index (χ1n) is 8.26. The molecule has 138 valence electrons. The molecule has 0 saturated carbocycles. The number of carbonyl (C=O) groups is 2. The SMILES string of the molecule is O=C(COC(=O)c1ccc2nc(Cl)ccc2c1)NCCc1ccc(F)cc1. The quantitative estimate of drug-likeness (QED) is 0.519. The molecular formula is C20H16ClFN2O3. The number of hydrogen-bond acceptors (Lipinski definition) is 4. The third-order valence-corrected chi connectivity index (χ3v) is 4.08. The minimum absolute atomic E-state index is 0.303. The second-order valence-corrected chi connectivity index (χ2v) is 6.23. The zero-order chi connectivity index (χ0) is 19.2. The molecule has 0 fully saturated rings. The van der Waals surface area contributed by atoms with E-state index in [0.29, 0.717) is 29.2 Å². The van der Waals surface area contributed by atoms with Crippen LogP contribution >= 0.6 is 11.6 Å². The van der Waals surface area contributed by atoms with Crippen LogP contribution in [0.3, 0.4) is 0 Å². The summed E-state index contributed by atoms with van der Waals surface area (Å²) in [5.74, 6) is -1.30. The first-order valence-corrected chi connectivity index (χ1v) is 8.63. The highest BCUT2D eigenvalue weighted by atomic mass is 35.5. The first kappa shape index (κ1) is 18.8. The maximum atomic E-state index is 12.8. The second kappa shape index (κ2) is 8.60. The molecule has 1 amide bonds. The number of esters is 1. The van der Waals surface area contributed by atoms with Crippen LogP contribution in [0.4, 0.5) is 4.39 Å². The van der Waals surface area contributed by atoms with E-state index in [0.717, 1.165) is 10.9 Å². The van der Waals surface area contributed by atoms with E-state index in [9.17, 15) is 14.0 Å². The number of nitrogens with zero attached hydrogens (tertiary/aromatic N) is 1. The summed E-state index contributed by atoms with van der Waals surface area (Å²) < 4.78 is 17.9. The van der Waals surface area contributed by atoms with Crippen LogP contribution in [-0.2, 0) is 16.0 Å². The average molecular weight is 387 g/mol. The fourth-order valence-electron chi connectivity index (χ4n) is 2.49. The maximum absolute atomic E-state index is 12.8. The molecule has 1 aromatic heterocycles. The van der Waals surface area contributed by atoms with Gasteiger partial charge in [0.05, 0.1) is 11.1 Å². The van der Waals surface area contributed by atoms with Crippen molar-refractivity contribution in [2.75, 3.05) is 13.2 Å². The molecule has 0 radical (unpaired) electrons. The number of amides is 1. The van der Waals surface area contributed by atoms with Gasteiger partial charge in [-0.2, -0.15) is 0 Å². The molecule has 3 aromatic rings. The fraction of sp³-hybridized carbons (Fsp3) is 0.150. The molecule has 0 bridgehead atoms. The van der Waals surface area contributed by atoms with Crippen LogP contribution in [0.15, 0.2) is 54.6 Å². The summed E-state index contributed by atoms with van der Waals surface area (Å²) in [4.78, 5) is 28.0. The molecule has 0 saturated heterocycles. The van der Waals surface area contributed by atoms with Crippen LogP contribution in [0.5, 0.6) is 0 Å². The number of rotatable bonds is 6. The third kappa shape index (κ3) is 5.24. The molecule has 0 aliphatic heterocycles. The van der Waals surface area contributed by atoms with Crippen molar-refractivity contribution in [1.29, 1.82) is 0 Å². The Hall–Kier alpha value is -2.99. The van der Waals surface area contributed by atoms with Gasteiger partial charge in [0.15, 0.2) is 6.61 Å². The Morgan fingerprint density at radius 2 is 1.85 bits per heavy atom. The Balaban J connectivity index is 1.47. The van der Waals surface area contributed by atoms with Crippen LogP contribution in [0, 0.1) is 5.82 Å². The minimum atomic E-state index is -0.597. The molecule has 1 heterocycles. The minimum Gasteiger partial charge on any atom is -0.452 e. The number of aromatic nitrogens is 1. The van der Waals surface area contributed by atoms with Gasteiger partial charge in [-0.05, 0) is 54.4 Å². The van der Waals surface area contributed by atoms with Gasteiger partial charge in [0, 0.05) is 11.9 Å². The fourth-order valence-corrected chi connectivity index (χ4v) is 2.64. The number of benzene rings is 2. The number of carbonyl (C=O) groups excluding carboxylic acids is 2. The predicted molar refractivity (Wildman–Crippen MR) is 100 cm³/mol. The molecule has 5 nitrogen and oxygen atoms in total. The molecule has 0 atom stereocenters. The monoisotopic (exact) mass is 386 g/mol. The Morgan fingerprint density at radius 1 is 1.07 bits per heavy atom. The smallest absolute Gasteiger partial charge is 0.338 e. The highest BCUT2D eigenvalue weighted by Crippen LogP contribution is 2.17. The van der Waals surface area contributed by atoms with Gasteiger partial charge in [-0.1, -0.05) is 23.7 Å². The molecule has 7 heteroatoms. The molecule has 0 unspecified atom stereocenters. The summed E-state index contributed by atoms with van der Waals surface area (Å²) in [6, 6.07) is 14.3. The van der Waals surface area contributed by atoms with E-state index in [1.54, 1.807) is 42.5 Å². The van der Waals surface area contributed by atoms with E-state index in [4.69, 9.17) is 16.3 Å². The van der Waals surface area contributed by atoms with Crippen LogP contribution < -0.4 is 5.32 Å². The van der Waals surface area contributed by atoms with E-state index in [1.807, 2.05) is 0 Å². The van der Waals surface area contributed by atoms with E-state index in [1.165, 1.54) is 12.1 Å². The summed E-state index contributed by atoms with van der Waals surface area (Å²) in [5, 5.41) is 3.77. The summed E-state index contributed by atoms with van der Waals surface area (Å²) in [6.07, 6.45) is 0.556. The molecule has 1 N–H and O–H groups in total. The van der Waals surface area contributed by atoms with Gasteiger partial charge in [-0.3, -0.25) is 4.79 Å². The normalized spacial score (nSPS) is 10.6. The predicted octanol–water partition coefficient (Wildman–Crippen LogP) is 3.54. The summed E-state index contributed by atoms with van der Waals surface area (Å²) in [6.45, 7) is -0.0103. The molecule has 0 aliphatic carbocycles. The van der Waals surface area contributed by atoms with Crippen LogP contribution in [0.25, 0.3) is 10.9 Å². The topological polar surface area (TPSA) is 68.3 Å². The van der Waals surface area contributed by atoms with Crippen molar-refractivity contribution in [3.8, 4) is 0 Å². The lowest BCUT2D eigenvalue weighted by Gasteiger charge is -2.07. The average Bonchev–Trinajstić information content (AvgIpc) is 2.67. The summed E-state index contributed by atoms with van der Waals surface area (Å²) in [7, 11) is 0. The van der Waals surface area contributed by atoms with Gasteiger partial charge < -0.3 is 10.1 Å². The Labute approximate surface area is 160 Å². The summed E-state index contributed by atoms with van der Waals surface area (Å²) in [5.41, 5.74) is 1.89. The highest BCUT2D eigenvalue weighted by Gasteiger charge is 2.11. The Bertz CT molecular complexity index is 977. The number of nitrogens with one attached hydrogen (secondary N) is 1. The van der Waals surface area contributed by atoms with Crippen molar-refractivity contribution >= 4 is 34.4 Å². The van der Waals surface area contributed by atoms with Crippen LogP contribution in [0.1, 0.15) is 15.9 Å². The van der Waals surface area contributed by atoms with E-state index in [2.05, 4.69) is 10.3 Å². The molecular weight excluding hydrogens is 371 g/mol. The Morgan fingerprint density at radius 3 is 2.63 bits per heavy atom. The van der Waals surface area contributed by atoms with Gasteiger partial charge in [0.2, 0.25) is 0 Å². The first-order chi connectivity index (χ1) is 13.0. The standard InChI is InChI=1S/C20H16ClFN2O3/c21-18-8-4-14-11-15(3-7-17(14)24-18)20(26)27-12-19(25)23-10-9-13-1-5-16(22)6-2-13/h1-8,11H,9-10,12H2,(H,23,25). The van der Waals surface area contributed by atoms with Crippen molar-refractivity contribution in [3.63, 3.8) is 0 Å². The lowest BCUT2D eigenvalue weighted by atomic mass is 10.1. The van der Waals surface area contributed by atoms with Gasteiger partial charge in [0.25, 0.3) is 5.91 Å². The van der Waals surface area contributed by atoms with E-state index in [-0.39, 0.29) is 12.4 Å². The van der Waals surface area contributed by atoms with E-state index < -0.39 is 11.9 Å². The Kier molecular flexibility index (Phi) is 5.98. The van der Waals surface area contributed by atoms with Gasteiger partial charge in [-0.25, -0.2) is 14.2 Å². The molecule has 27 heavy (non-hydrogen) atoms. The van der Waals surface area contributed by atoms with Crippen LogP contribution in [0.2, 0.25) is 5.15 Å². The van der Waals surface area contributed by atoms with Crippen molar-refractivity contribution in [3.05, 3.63) is 76.7 Å². The van der Waals surface area contributed by atoms with Crippen molar-refractivity contribution in [1.82, 2.24) is 10.3 Å². The summed E-state index contributed by atoms with van der Waals surface area (Å²) >= 11 is 5.83. The zero-order valence-corrected chi connectivity index (χ0v) is 15.0. The number of halogens is 2. The van der Waals surface area contributed by atoms with Crippen LogP contribution in [-0.4, -0.2) is 30.0 Å². The number of fused-ring (bicyclic) bond motifs is 1. The van der Waals surface area contributed by atoms with Gasteiger partial charge >= 0.3 is 5.97 Å². The third-order valence-electron chi connectivity index (χ3n) is 3.87.